The molecule has 0 fully saturated rings. The van der Waals surface area contributed by atoms with Crippen LogP contribution in [0.5, 0.6) is 11.5 Å². The molecule has 0 saturated carbocycles. The minimum atomic E-state index is -0.500. The van der Waals surface area contributed by atoms with E-state index >= 15 is 0 Å². The maximum absolute atomic E-state index is 12.3. The van der Waals surface area contributed by atoms with Crippen molar-refractivity contribution in [3.8, 4) is 17.6 Å². The number of hydrogen-bond donors (Lipinski definition) is 1. The summed E-state index contributed by atoms with van der Waals surface area (Å²) < 4.78 is 16.7. The van der Waals surface area contributed by atoms with E-state index in [9.17, 15) is 10.1 Å². The average Bonchev–Trinajstić information content (AvgIpc) is 3.30. The lowest BCUT2D eigenvalue weighted by molar-refractivity contribution is -0.117. The van der Waals surface area contributed by atoms with Gasteiger partial charge in [0.25, 0.3) is 5.91 Å². The van der Waals surface area contributed by atoms with Crippen LogP contribution < -0.4 is 14.8 Å². The number of carbonyl (C=O) groups is 1. The van der Waals surface area contributed by atoms with Gasteiger partial charge in [0.05, 0.1) is 19.4 Å². The van der Waals surface area contributed by atoms with Crippen LogP contribution in [0.4, 0.5) is 0 Å². The molecule has 3 rings (SSSR count). The van der Waals surface area contributed by atoms with Crippen LogP contribution in [0.2, 0.25) is 10.0 Å². The van der Waals surface area contributed by atoms with Gasteiger partial charge in [-0.25, -0.2) is 0 Å². The van der Waals surface area contributed by atoms with Gasteiger partial charge in [0.15, 0.2) is 11.5 Å². The zero-order valence-corrected chi connectivity index (χ0v) is 18.7. The van der Waals surface area contributed by atoms with Gasteiger partial charge in [-0.3, -0.25) is 4.79 Å². The van der Waals surface area contributed by atoms with E-state index in [1.807, 2.05) is 13.0 Å². The molecule has 3 aromatic rings. The van der Waals surface area contributed by atoms with E-state index in [2.05, 4.69) is 5.32 Å². The Hall–Kier alpha value is -3.40. The van der Waals surface area contributed by atoms with E-state index in [4.69, 9.17) is 37.1 Å². The highest BCUT2D eigenvalue weighted by Gasteiger charge is 2.12. The minimum Gasteiger partial charge on any atom is -0.490 e. The molecule has 32 heavy (non-hydrogen) atoms. The smallest absolute Gasteiger partial charge is 0.262 e. The molecule has 164 valence electrons. The van der Waals surface area contributed by atoms with Crippen LogP contribution in [0.15, 0.2) is 64.8 Å². The number of hydrogen-bond acceptors (Lipinski definition) is 5. The zero-order valence-electron chi connectivity index (χ0n) is 17.2. The predicted molar refractivity (Wildman–Crippen MR) is 123 cm³/mol. The first-order valence-electron chi connectivity index (χ1n) is 9.76. The molecule has 0 atom stereocenters. The molecule has 0 bridgehead atoms. The zero-order chi connectivity index (χ0) is 22.9. The standard InChI is InChI=1S/C24H20Cl2N2O4/c1-2-30-23-11-16(10-18(13-27)24(29)28-14-20-4-3-9-31-20)5-8-22(23)32-15-17-6-7-19(25)12-21(17)26/h3-12H,2,14-15H2,1H3,(H,28,29)/b18-10+. The summed E-state index contributed by atoms with van der Waals surface area (Å²) in [6.07, 6.45) is 3.00. The molecule has 0 unspecified atom stereocenters. The summed E-state index contributed by atoms with van der Waals surface area (Å²) in [4.78, 5) is 12.3. The Labute approximate surface area is 196 Å². The molecule has 2 aromatic carbocycles. The molecule has 0 aliphatic rings. The monoisotopic (exact) mass is 470 g/mol. The number of rotatable bonds is 9. The second-order valence-corrected chi connectivity index (χ2v) is 7.44. The summed E-state index contributed by atoms with van der Waals surface area (Å²) in [5.41, 5.74) is 1.36. The summed E-state index contributed by atoms with van der Waals surface area (Å²) in [7, 11) is 0. The molecule has 0 saturated heterocycles. The molecule has 1 amide bonds. The largest absolute Gasteiger partial charge is 0.490 e. The number of nitriles is 1. The van der Waals surface area contributed by atoms with Gasteiger partial charge in [0.1, 0.15) is 24.0 Å². The Morgan fingerprint density at radius 3 is 2.69 bits per heavy atom. The molecular weight excluding hydrogens is 451 g/mol. The fourth-order valence-corrected chi connectivity index (χ4v) is 3.25. The van der Waals surface area contributed by atoms with E-state index in [-0.39, 0.29) is 18.7 Å². The van der Waals surface area contributed by atoms with Crippen molar-refractivity contribution in [2.24, 2.45) is 0 Å². The van der Waals surface area contributed by atoms with Gasteiger partial charge in [-0.2, -0.15) is 5.26 Å². The van der Waals surface area contributed by atoms with Crippen LogP contribution >= 0.6 is 23.2 Å². The van der Waals surface area contributed by atoms with Crippen molar-refractivity contribution in [1.82, 2.24) is 5.32 Å². The number of furan rings is 1. The number of amides is 1. The summed E-state index contributed by atoms with van der Waals surface area (Å²) in [5, 5.41) is 13.1. The summed E-state index contributed by atoms with van der Waals surface area (Å²) >= 11 is 12.1. The summed E-state index contributed by atoms with van der Waals surface area (Å²) in [5.74, 6) is 1.09. The number of nitrogens with zero attached hydrogens (tertiary/aromatic N) is 1. The van der Waals surface area contributed by atoms with Gasteiger partial charge in [-0.15, -0.1) is 0 Å². The summed E-state index contributed by atoms with van der Waals surface area (Å²) in [6.45, 7) is 2.68. The molecule has 0 radical (unpaired) electrons. The Kier molecular flexibility index (Phi) is 8.20. The van der Waals surface area contributed by atoms with Crippen molar-refractivity contribution < 1.29 is 18.7 Å². The molecule has 1 aromatic heterocycles. The molecule has 0 spiro atoms. The number of ether oxygens (including phenoxy) is 2. The molecule has 1 N–H and O–H groups in total. The normalized spacial score (nSPS) is 11.0. The Bertz CT molecular complexity index is 1150. The van der Waals surface area contributed by atoms with Crippen LogP contribution in [0.3, 0.4) is 0 Å². The van der Waals surface area contributed by atoms with Gasteiger partial charge in [-0.1, -0.05) is 35.3 Å². The Balaban J connectivity index is 1.74. The summed E-state index contributed by atoms with van der Waals surface area (Å²) in [6, 6.07) is 15.7. The highest BCUT2D eigenvalue weighted by atomic mass is 35.5. The number of halogens is 2. The SMILES string of the molecule is CCOc1cc(/C=C(\C#N)C(=O)NCc2ccco2)ccc1OCc1ccc(Cl)cc1Cl. The highest BCUT2D eigenvalue weighted by Crippen LogP contribution is 2.31. The number of benzene rings is 2. The van der Waals surface area contributed by atoms with Gasteiger partial charge in [0, 0.05) is 15.6 Å². The van der Waals surface area contributed by atoms with E-state index in [0.29, 0.717) is 39.5 Å². The van der Waals surface area contributed by atoms with Gasteiger partial charge < -0.3 is 19.2 Å². The quantitative estimate of drug-likeness (QED) is 0.316. The fourth-order valence-electron chi connectivity index (χ4n) is 2.79. The minimum absolute atomic E-state index is 0.0411. The number of carbonyl (C=O) groups excluding carboxylic acids is 1. The van der Waals surface area contributed by atoms with Crippen molar-refractivity contribution in [2.45, 2.75) is 20.1 Å². The molecule has 8 heteroatoms. The lowest BCUT2D eigenvalue weighted by Gasteiger charge is -2.13. The van der Waals surface area contributed by atoms with Crippen molar-refractivity contribution in [3.63, 3.8) is 0 Å². The third-order valence-electron chi connectivity index (χ3n) is 4.35. The van der Waals surface area contributed by atoms with Crippen molar-refractivity contribution in [2.75, 3.05) is 6.61 Å². The Morgan fingerprint density at radius 2 is 2.00 bits per heavy atom. The Morgan fingerprint density at radius 1 is 1.16 bits per heavy atom. The van der Waals surface area contributed by atoms with E-state index < -0.39 is 5.91 Å². The second kappa shape index (κ2) is 11.3. The van der Waals surface area contributed by atoms with Crippen LogP contribution in [-0.2, 0) is 17.9 Å². The lowest BCUT2D eigenvalue weighted by atomic mass is 10.1. The lowest BCUT2D eigenvalue weighted by Crippen LogP contribution is -2.23. The first-order valence-corrected chi connectivity index (χ1v) is 10.5. The van der Waals surface area contributed by atoms with Crippen molar-refractivity contribution in [1.29, 1.82) is 5.26 Å². The van der Waals surface area contributed by atoms with Crippen LogP contribution in [0.25, 0.3) is 6.08 Å². The van der Waals surface area contributed by atoms with Gasteiger partial charge >= 0.3 is 0 Å². The van der Waals surface area contributed by atoms with Gasteiger partial charge in [-0.05, 0) is 55.0 Å². The first-order chi connectivity index (χ1) is 15.5. The second-order valence-electron chi connectivity index (χ2n) is 6.60. The maximum atomic E-state index is 12.3. The average molecular weight is 471 g/mol. The molecule has 1 heterocycles. The van der Waals surface area contributed by atoms with E-state index in [1.165, 1.54) is 12.3 Å². The highest BCUT2D eigenvalue weighted by molar-refractivity contribution is 6.35. The molecule has 0 aliphatic heterocycles. The van der Waals surface area contributed by atoms with Crippen molar-refractivity contribution in [3.05, 3.63) is 87.3 Å². The van der Waals surface area contributed by atoms with Crippen LogP contribution in [0.1, 0.15) is 23.8 Å². The van der Waals surface area contributed by atoms with Gasteiger partial charge in [0.2, 0.25) is 0 Å². The molecule has 0 aliphatic carbocycles. The molecule has 6 nitrogen and oxygen atoms in total. The van der Waals surface area contributed by atoms with Crippen molar-refractivity contribution >= 4 is 35.2 Å². The van der Waals surface area contributed by atoms with Crippen LogP contribution in [0, 0.1) is 11.3 Å². The predicted octanol–water partition coefficient (Wildman–Crippen LogP) is 5.79. The first kappa shape index (κ1) is 23.3. The van der Waals surface area contributed by atoms with E-state index in [1.54, 1.807) is 48.5 Å². The van der Waals surface area contributed by atoms with E-state index in [0.717, 1.165) is 5.56 Å². The fraction of sp³-hybridized carbons (Fsp3) is 0.167. The topological polar surface area (TPSA) is 84.5 Å². The van der Waals surface area contributed by atoms with Crippen LogP contribution in [-0.4, -0.2) is 12.5 Å². The third-order valence-corrected chi connectivity index (χ3v) is 4.93. The molecular formula is C24H20Cl2N2O4. The number of nitrogens with one attached hydrogen (secondary N) is 1. The third kappa shape index (κ3) is 6.30. The maximum Gasteiger partial charge on any atom is 0.262 e.